The number of carbonyl (C=O) groups is 1. The van der Waals surface area contributed by atoms with E-state index < -0.39 is 16.1 Å². The summed E-state index contributed by atoms with van der Waals surface area (Å²) in [5.74, 6) is -0.312. The molecule has 2 aromatic carbocycles. The van der Waals surface area contributed by atoms with Gasteiger partial charge in [-0.2, -0.15) is 0 Å². The van der Waals surface area contributed by atoms with Gasteiger partial charge < -0.3 is 5.32 Å². The molecule has 0 radical (unpaired) electrons. The minimum atomic E-state index is -3.60. The highest BCUT2D eigenvalue weighted by molar-refractivity contribution is 7.92. The van der Waals surface area contributed by atoms with Crippen LogP contribution in [-0.4, -0.2) is 26.6 Å². The van der Waals surface area contributed by atoms with Crippen molar-refractivity contribution in [2.45, 2.75) is 32.4 Å². The third-order valence-electron chi connectivity index (χ3n) is 4.00. The summed E-state index contributed by atoms with van der Waals surface area (Å²) in [6.07, 6.45) is 1.49. The van der Waals surface area contributed by atoms with E-state index in [1.807, 2.05) is 43.3 Å². The van der Waals surface area contributed by atoms with E-state index in [0.29, 0.717) is 12.1 Å². The van der Waals surface area contributed by atoms with Gasteiger partial charge in [0.1, 0.15) is 6.04 Å². The maximum atomic E-state index is 12.8. The van der Waals surface area contributed by atoms with Gasteiger partial charge in [-0.25, -0.2) is 8.42 Å². The second kappa shape index (κ2) is 8.16. The quantitative estimate of drug-likeness (QED) is 0.825. The first-order valence-corrected chi connectivity index (χ1v) is 10.1. The molecule has 0 fully saturated rings. The first kappa shape index (κ1) is 19.0. The Labute approximate surface area is 149 Å². The minimum absolute atomic E-state index is 0.208. The number of anilines is 1. The number of amides is 1. The molecule has 25 heavy (non-hydrogen) atoms. The van der Waals surface area contributed by atoms with E-state index in [9.17, 15) is 13.2 Å². The molecule has 0 aliphatic carbocycles. The molecule has 1 amide bonds. The van der Waals surface area contributed by atoms with Crippen LogP contribution in [0.5, 0.6) is 0 Å². The van der Waals surface area contributed by atoms with Crippen molar-refractivity contribution in [3.63, 3.8) is 0 Å². The van der Waals surface area contributed by atoms with Crippen molar-refractivity contribution < 1.29 is 13.2 Å². The number of hydrogen-bond acceptors (Lipinski definition) is 3. The van der Waals surface area contributed by atoms with Crippen molar-refractivity contribution in [3.8, 4) is 0 Å². The Kier molecular flexibility index (Phi) is 6.20. The van der Waals surface area contributed by atoms with E-state index in [1.165, 1.54) is 4.31 Å². The highest BCUT2D eigenvalue weighted by Gasteiger charge is 2.31. The van der Waals surface area contributed by atoms with E-state index >= 15 is 0 Å². The fraction of sp³-hybridized carbons (Fsp3) is 0.316. The smallest absolute Gasteiger partial charge is 0.244 e. The number of para-hydroxylation sites is 1. The average Bonchev–Trinajstić information content (AvgIpc) is 2.59. The second-order valence-corrected chi connectivity index (χ2v) is 7.82. The summed E-state index contributed by atoms with van der Waals surface area (Å²) >= 11 is 0. The number of nitrogens with zero attached hydrogens (tertiary/aromatic N) is 1. The standard InChI is InChI=1S/C19H24N2O3S/c1-4-18(19(22)20-15(2)16-11-7-5-8-12-16)21(25(3,23)24)17-13-9-6-10-14-17/h5-15,18H,4H2,1-3H3,(H,20,22)/t15-,18-/m1/s1. The molecule has 0 spiro atoms. The van der Waals surface area contributed by atoms with Gasteiger partial charge in [-0.1, -0.05) is 55.5 Å². The lowest BCUT2D eigenvalue weighted by Crippen LogP contribution is -2.49. The van der Waals surface area contributed by atoms with Crippen molar-refractivity contribution in [1.29, 1.82) is 0 Å². The van der Waals surface area contributed by atoms with E-state index in [4.69, 9.17) is 0 Å². The fourth-order valence-corrected chi connectivity index (χ4v) is 3.98. The predicted molar refractivity (Wildman–Crippen MR) is 101 cm³/mol. The lowest BCUT2D eigenvalue weighted by Gasteiger charge is -2.31. The molecule has 2 aromatic rings. The summed E-state index contributed by atoms with van der Waals surface area (Å²) in [6.45, 7) is 3.69. The molecule has 1 N–H and O–H groups in total. The number of carbonyl (C=O) groups excluding carboxylic acids is 1. The van der Waals surface area contributed by atoms with Gasteiger partial charge in [0.05, 0.1) is 18.0 Å². The van der Waals surface area contributed by atoms with Gasteiger partial charge in [-0.15, -0.1) is 0 Å². The van der Waals surface area contributed by atoms with Crippen molar-refractivity contribution >= 4 is 21.6 Å². The van der Waals surface area contributed by atoms with E-state index in [2.05, 4.69) is 5.32 Å². The van der Waals surface area contributed by atoms with Crippen LogP contribution in [0.15, 0.2) is 60.7 Å². The summed E-state index contributed by atoms with van der Waals surface area (Å²) in [5.41, 5.74) is 1.45. The maximum Gasteiger partial charge on any atom is 0.244 e. The Balaban J connectivity index is 2.27. The SMILES string of the molecule is CC[C@H](C(=O)N[C@H](C)c1ccccc1)N(c1ccccc1)S(C)(=O)=O. The maximum absolute atomic E-state index is 12.8. The Bertz CT molecular complexity index is 792. The van der Waals surface area contributed by atoms with Crippen molar-refractivity contribution in [2.75, 3.05) is 10.6 Å². The Hall–Kier alpha value is -2.34. The first-order chi connectivity index (χ1) is 11.8. The van der Waals surface area contributed by atoms with Crippen molar-refractivity contribution in [3.05, 3.63) is 66.2 Å². The minimum Gasteiger partial charge on any atom is -0.348 e. The summed E-state index contributed by atoms with van der Waals surface area (Å²) < 4.78 is 25.9. The number of sulfonamides is 1. The fourth-order valence-electron chi connectivity index (χ4n) is 2.77. The third-order valence-corrected chi connectivity index (χ3v) is 5.18. The summed E-state index contributed by atoms with van der Waals surface area (Å²) in [5, 5.41) is 2.92. The summed E-state index contributed by atoms with van der Waals surface area (Å²) in [4.78, 5) is 12.8. The molecule has 0 unspecified atom stereocenters. The first-order valence-electron chi connectivity index (χ1n) is 8.24. The van der Waals surface area contributed by atoms with Crippen LogP contribution in [0.4, 0.5) is 5.69 Å². The molecular weight excluding hydrogens is 336 g/mol. The molecule has 0 aromatic heterocycles. The van der Waals surface area contributed by atoms with Crippen LogP contribution in [0.3, 0.4) is 0 Å². The van der Waals surface area contributed by atoms with Crippen molar-refractivity contribution in [2.24, 2.45) is 0 Å². The van der Waals surface area contributed by atoms with Gasteiger partial charge in [-0.3, -0.25) is 9.10 Å². The normalized spacial score (nSPS) is 13.7. The van der Waals surface area contributed by atoms with Gasteiger partial charge in [0, 0.05) is 0 Å². The summed E-state index contributed by atoms with van der Waals surface area (Å²) in [6, 6.07) is 17.3. The molecule has 134 valence electrons. The van der Waals surface area contributed by atoms with Crippen LogP contribution >= 0.6 is 0 Å². The number of nitrogens with one attached hydrogen (secondary N) is 1. The van der Waals surface area contributed by atoms with Crippen LogP contribution in [0.1, 0.15) is 31.9 Å². The highest BCUT2D eigenvalue weighted by atomic mass is 32.2. The zero-order chi connectivity index (χ0) is 18.4. The van der Waals surface area contributed by atoms with Crippen LogP contribution in [0.25, 0.3) is 0 Å². The Morgan fingerprint density at radius 2 is 1.56 bits per heavy atom. The Morgan fingerprint density at radius 1 is 1.04 bits per heavy atom. The topological polar surface area (TPSA) is 66.5 Å². The molecule has 0 heterocycles. The number of hydrogen-bond donors (Lipinski definition) is 1. The van der Waals surface area contributed by atoms with E-state index in [1.54, 1.807) is 31.2 Å². The molecule has 2 rings (SSSR count). The molecule has 0 bridgehead atoms. The third kappa shape index (κ3) is 4.82. The van der Waals surface area contributed by atoms with Crippen LogP contribution in [-0.2, 0) is 14.8 Å². The van der Waals surface area contributed by atoms with Gasteiger partial charge in [0.15, 0.2) is 0 Å². The van der Waals surface area contributed by atoms with Gasteiger partial charge in [0.2, 0.25) is 15.9 Å². The molecule has 0 saturated heterocycles. The zero-order valence-corrected chi connectivity index (χ0v) is 15.5. The zero-order valence-electron chi connectivity index (χ0n) is 14.7. The summed E-state index contributed by atoms with van der Waals surface area (Å²) in [7, 11) is -3.60. The molecule has 0 aliphatic heterocycles. The van der Waals surface area contributed by atoms with E-state index in [0.717, 1.165) is 11.8 Å². The molecule has 2 atom stereocenters. The average molecular weight is 360 g/mol. The second-order valence-electron chi connectivity index (χ2n) is 5.96. The van der Waals surface area contributed by atoms with Crippen LogP contribution in [0, 0.1) is 0 Å². The van der Waals surface area contributed by atoms with Crippen molar-refractivity contribution in [1.82, 2.24) is 5.32 Å². The molecule has 5 nitrogen and oxygen atoms in total. The number of benzene rings is 2. The lowest BCUT2D eigenvalue weighted by molar-refractivity contribution is -0.122. The van der Waals surface area contributed by atoms with E-state index in [-0.39, 0.29) is 11.9 Å². The van der Waals surface area contributed by atoms with Gasteiger partial charge in [-0.05, 0) is 31.0 Å². The molecule has 0 aliphatic rings. The molecular formula is C19H24N2O3S. The van der Waals surface area contributed by atoms with Gasteiger partial charge in [0.25, 0.3) is 0 Å². The highest BCUT2D eigenvalue weighted by Crippen LogP contribution is 2.22. The largest absolute Gasteiger partial charge is 0.348 e. The molecule has 0 saturated carbocycles. The van der Waals surface area contributed by atoms with Crippen LogP contribution < -0.4 is 9.62 Å². The number of rotatable bonds is 7. The predicted octanol–water partition coefficient (Wildman–Crippen LogP) is 3.11. The monoisotopic (exact) mass is 360 g/mol. The Morgan fingerprint density at radius 3 is 2.04 bits per heavy atom. The lowest BCUT2D eigenvalue weighted by atomic mass is 10.1. The molecule has 6 heteroatoms. The van der Waals surface area contributed by atoms with Crippen LogP contribution in [0.2, 0.25) is 0 Å². The van der Waals surface area contributed by atoms with Gasteiger partial charge >= 0.3 is 0 Å².